The zero-order valence-corrected chi connectivity index (χ0v) is 12.0. The van der Waals surface area contributed by atoms with Crippen LogP contribution in [0.2, 0.25) is 5.15 Å². The number of methoxy groups -OCH3 is 1. The van der Waals surface area contributed by atoms with Crippen LogP contribution in [0.15, 0.2) is 0 Å². The van der Waals surface area contributed by atoms with Gasteiger partial charge in [-0.15, -0.1) is 0 Å². The molecule has 1 fully saturated rings. The summed E-state index contributed by atoms with van der Waals surface area (Å²) in [6.07, 6.45) is 0. The number of carbonyl (C=O) groups excluding carboxylic acids is 1. The smallest absolute Gasteiger partial charge is 0.248 e. The van der Waals surface area contributed by atoms with E-state index in [0.717, 1.165) is 5.00 Å². The predicted octanol–water partition coefficient (Wildman–Crippen LogP) is 0.963. The van der Waals surface area contributed by atoms with Crippen LogP contribution in [0.4, 0.5) is 5.00 Å². The Balaban J connectivity index is 2.00. The van der Waals surface area contributed by atoms with Gasteiger partial charge in [0.2, 0.25) is 5.91 Å². The molecule has 8 heteroatoms. The van der Waals surface area contributed by atoms with Gasteiger partial charge in [-0.05, 0) is 11.5 Å². The van der Waals surface area contributed by atoms with E-state index in [1.807, 2.05) is 4.90 Å². The Morgan fingerprint density at radius 2 is 2.21 bits per heavy atom. The highest BCUT2D eigenvalue weighted by Crippen LogP contribution is 2.31. The zero-order valence-electron chi connectivity index (χ0n) is 10.4. The lowest BCUT2D eigenvalue weighted by atomic mass is 10.3. The predicted molar refractivity (Wildman–Crippen MR) is 72.5 cm³/mol. The SMILES string of the molecule is COCC(=O)N1CCN(c2snc(Cl)c2C#N)CC1. The first-order valence-electron chi connectivity index (χ1n) is 5.74. The van der Waals surface area contributed by atoms with Gasteiger partial charge in [-0.2, -0.15) is 9.64 Å². The van der Waals surface area contributed by atoms with Gasteiger partial charge in [0.05, 0.1) is 0 Å². The Bertz CT molecular complexity index is 505. The van der Waals surface area contributed by atoms with E-state index in [-0.39, 0.29) is 17.7 Å². The number of nitriles is 1. The van der Waals surface area contributed by atoms with E-state index in [4.69, 9.17) is 21.6 Å². The van der Waals surface area contributed by atoms with Crippen LogP contribution in [-0.2, 0) is 9.53 Å². The van der Waals surface area contributed by atoms with E-state index in [0.29, 0.717) is 31.7 Å². The maximum Gasteiger partial charge on any atom is 0.248 e. The first kappa shape index (κ1) is 14.1. The van der Waals surface area contributed by atoms with E-state index in [1.165, 1.54) is 18.6 Å². The number of carbonyl (C=O) groups is 1. The quantitative estimate of drug-likeness (QED) is 0.832. The van der Waals surface area contributed by atoms with Crippen molar-refractivity contribution in [3.63, 3.8) is 0 Å². The van der Waals surface area contributed by atoms with Gasteiger partial charge in [-0.3, -0.25) is 4.79 Å². The minimum atomic E-state index is -0.00927. The zero-order chi connectivity index (χ0) is 13.8. The molecule has 0 aromatic carbocycles. The molecule has 0 unspecified atom stereocenters. The number of anilines is 1. The van der Waals surface area contributed by atoms with Crippen LogP contribution in [0, 0.1) is 11.3 Å². The lowest BCUT2D eigenvalue weighted by Gasteiger charge is -2.35. The van der Waals surface area contributed by atoms with E-state index >= 15 is 0 Å². The molecule has 0 spiro atoms. The number of amides is 1. The van der Waals surface area contributed by atoms with E-state index < -0.39 is 0 Å². The van der Waals surface area contributed by atoms with E-state index in [1.54, 1.807) is 4.90 Å². The van der Waals surface area contributed by atoms with Gasteiger partial charge in [-0.1, -0.05) is 11.6 Å². The van der Waals surface area contributed by atoms with Crippen molar-refractivity contribution in [2.75, 3.05) is 44.8 Å². The Labute approximate surface area is 120 Å². The number of hydrogen-bond acceptors (Lipinski definition) is 6. The van der Waals surface area contributed by atoms with Gasteiger partial charge in [0, 0.05) is 33.3 Å². The summed E-state index contributed by atoms with van der Waals surface area (Å²) >= 11 is 7.07. The fourth-order valence-electron chi connectivity index (χ4n) is 1.95. The number of nitrogens with zero attached hydrogens (tertiary/aromatic N) is 4. The summed E-state index contributed by atoms with van der Waals surface area (Å²) in [4.78, 5) is 15.5. The second kappa shape index (κ2) is 6.19. The number of halogens is 1. The molecule has 1 aliphatic rings. The standard InChI is InChI=1S/C11H13ClN4O2S/c1-18-7-9(17)15-2-4-16(5-3-15)11-8(6-13)10(12)14-19-11/h2-5,7H2,1H3. The summed E-state index contributed by atoms with van der Waals surface area (Å²) < 4.78 is 8.82. The molecule has 0 aliphatic carbocycles. The second-order valence-electron chi connectivity index (χ2n) is 4.07. The summed E-state index contributed by atoms with van der Waals surface area (Å²) in [5.74, 6) is -0.00927. The maximum absolute atomic E-state index is 11.7. The molecule has 0 radical (unpaired) electrons. The van der Waals surface area contributed by atoms with Crippen molar-refractivity contribution in [1.29, 1.82) is 5.26 Å². The first-order valence-corrected chi connectivity index (χ1v) is 6.89. The molecule has 1 aliphatic heterocycles. The van der Waals surface area contributed by atoms with Crippen molar-refractivity contribution in [3.05, 3.63) is 10.7 Å². The number of ether oxygens (including phenoxy) is 1. The van der Waals surface area contributed by atoms with Crippen molar-refractivity contribution in [1.82, 2.24) is 9.27 Å². The monoisotopic (exact) mass is 300 g/mol. The molecule has 1 saturated heterocycles. The second-order valence-corrected chi connectivity index (χ2v) is 5.18. The highest BCUT2D eigenvalue weighted by molar-refractivity contribution is 7.10. The van der Waals surface area contributed by atoms with Crippen LogP contribution < -0.4 is 4.90 Å². The van der Waals surface area contributed by atoms with Gasteiger partial charge in [0.1, 0.15) is 23.2 Å². The molecule has 1 amide bonds. The van der Waals surface area contributed by atoms with Crippen molar-refractivity contribution in [3.8, 4) is 6.07 Å². The fraction of sp³-hybridized carbons (Fsp3) is 0.545. The summed E-state index contributed by atoms with van der Waals surface area (Å²) in [5.41, 5.74) is 0.420. The van der Waals surface area contributed by atoms with Crippen LogP contribution in [0.25, 0.3) is 0 Å². The van der Waals surface area contributed by atoms with Crippen molar-refractivity contribution in [2.45, 2.75) is 0 Å². The van der Waals surface area contributed by atoms with E-state index in [2.05, 4.69) is 10.4 Å². The third kappa shape index (κ3) is 2.97. The fourth-order valence-corrected chi connectivity index (χ4v) is 3.03. The van der Waals surface area contributed by atoms with Gasteiger partial charge in [0.25, 0.3) is 0 Å². The van der Waals surface area contributed by atoms with Crippen LogP contribution >= 0.6 is 23.1 Å². The molecule has 6 nitrogen and oxygen atoms in total. The Hall–Kier alpha value is -1.36. The maximum atomic E-state index is 11.7. The van der Waals surface area contributed by atoms with Crippen molar-refractivity contribution >= 4 is 34.0 Å². The molecule has 1 aromatic rings. The molecule has 102 valence electrons. The molecule has 0 N–H and O–H groups in total. The molecule has 0 bridgehead atoms. The third-order valence-electron chi connectivity index (χ3n) is 2.93. The summed E-state index contributed by atoms with van der Waals surface area (Å²) in [7, 11) is 1.51. The van der Waals surface area contributed by atoms with Crippen LogP contribution in [0.5, 0.6) is 0 Å². The first-order chi connectivity index (χ1) is 9.17. The van der Waals surface area contributed by atoms with Crippen LogP contribution in [0.3, 0.4) is 0 Å². The molecule has 2 heterocycles. The van der Waals surface area contributed by atoms with Gasteiger partial charge in [-0.25, -0.2) is 0 Å². The third-order valence-corrected chi connectivity index (χ3v) is 4.21. The molecular formula is C11H13ClN4O2S. The molecule has 19 heavy (non-hydrogen) atoms. The molecule has 0 atom stereocenters. The van der Waals surface area contributed by atoms with Gasteiger partial charge >= 0.3 is 0 Å². The summed E-state index contributed by atoms with van der Waals surface area (Å²) in [6.45, 7) is 2.67. The number of aromatic nitrogens is 1. The Kier molecular flexibility index (Phi) is 4.58. The lowest BCUT2D eigenvalue weighted by molar-refractivity contribution is -0.135. The van der Waals surface area contributed by atoms with Crippen molar-refractivity contribution in [2.24, 2.45) is 0 Å². The lowest BCUT2D eigenvalue weighted by Crippen LogP contribution is -2.49. The molecule has 2 rings (SSSR count). The minimum Gasteiger partial charge on any atom is -0.375 e. The number of piperazine rings is 1. The van der Waals surface area contributed by atoms with Crippen LogP contribution in [-0.4, -0.2) is 55.1 Å². The average molecular weight is 301 g/mol. The number of rotatable bonds is 3. The van der Waals surface area contributed by atoms with E-state index in [9.17, 15) is 4.79 Å². The molecule has 1 aromatic heterocycles. The summed E-state index contributed by atoms with van der Waals surface area (Å²) in [6, 6.07) is 2.07. The Morgan fingerprint density at radius 3 is 2.79 bits per heavy atom. The highest BCUT2D eigenvalue weighted by Gasteiger charge is 2.24. The molecule has 0 saturated carbocycles. The number of hydrogen-bond donors (Lipinski definition) is 0. The normalized spacial score (nSPS) is 15.4. The Morgan fingerprint density at radius 1 is 1.53 bits per heavy atom. The summed E-state index contributed by atoms with van der Waals surface area (Å²) in [5, 5.41) is 10.1. The molecular weight excluding hydrogens is 288 g/mol. The van der Waals surface area contributed by atoms with Crippen molar-refractivity contribution < 1.29 is 9.53 Å². The van der Waals surface area contributed by atoms with Gasteiger partial charge < -0.3 is 14.5 Å². The van der Waals surface area contributed by atoms with Crippen LogP contribution in [0.1, 0.15) is 5.56 Å². The van der Waals surface area contributed by atoms with Gasteiger partial charge in [0.15, 0.2) is 5.15 Å². The largest absolute Gasteiger partial charge is 0.375 e. The average Bonchev–Trinajstić information content (AvgIpc) is 2.80. The topological polar surface area (TPSA) is 69.5 Å². The minimum absolute atomic E-state index is 0.00927. The highest BCUT2D eigenvalue weighted by atomic mass is 35.5.